The van der Waals surface area contributed by atoms with Crippen LogP contribution >= 0.6 is 24.0 Å². The van der Waals surface area contributed by atoms with E-state index in [1.165, 1.54) is 17.5 Å². The molecule has 1 aromatic rings. The highest BCUT2D eigenvalue weighted by Crippen LogP contribution is 2.33. The van der Waals surface area contributed by atoms with Gasteiger partial charge in [-0.2, -0.15) is 0 Å². The van der Waals surface area contributed by atoms with Gasteiger partial charge in [0, 0.05) is 46.3 Å². The average Bonchev–Trinajstić information content (AvgIpc) is 2.79. The van der Waals surface area contributed by atoms with Gasteiger partial charge in [0.15, 0.2) is 5.96 Å². The lowest BCUT2D eigenvalue weighted by molar-refractivity contribution is -0.127. The summed E-state index contributed by atoms with van der Waals surface area (Å²) in [6, 6.07) is 8.62. The van der Waals surface area contributed by atoms with Crippen molar-refractivity contribution in [2.24, 2.45) is 10.9 Å². The molecule has 0 bridgehead atoms. The maximum absolute atomic E-state index is 12.0. The first-order valence-electron chi connectivity index (χ1n) is 11.5. The van der Waals surface area contributed by atoms with Gasteiger partial charge in [-0.25, -0.2) is 4.99 Å². The van der Waals surface area contributed by atoms with E-state index in [1.54, 1.807) is 19.0 Å². The molecule has 0 spiro atoms. The number of ether oxygens (including phenoxy) is 2. The first kappa shape index (κ1) is 26.9. The summed E-state index contributed by atoms with van der Waals surface area (Å²) in [7, 11) is 3.50. The van der Waals surface area contributed by atoms with E-state index in [-0.39, 0.29) is 48.6 Å². The largest absolute Gasteiger partial charge is 0.376 e. The number of aryl methyl sites for hydroxylation is 1. The van der Waals surface area contributed by atoms with Crippen molar-refractivity contribution in [2.45, 2.75) is 51.2 Å². The minimum Gasteiger partial charge on any atom is -0.376 e. The molecule has 0 saturated carbocycles. The Hall–Kier alpha value is -1.39. The fraction of sp³-hybridized carbons (Fsp3) is 0.667. The third-order valence-electron chi connectivity index (χ3n) is 6.02. The lowest BCUT2D eigenvalue weighted by atomic mass is 9.89. The van der Waals surface area contributed by atoms with Crippen molar-refractivity contribution in [3.63, 3.8) is 0 Å². The van der Waals surface area contributed by atoms with E-state index in [4.69, 9.17) is 9.47 Å². The summed E-state index contributed by atoms with van der Waals surface area (Å²) in [6.07, 6.45) is 5.82. The monoisotopic (exact) mass is 558 g/mol. The Kier molecular flexibility index (Phi) is 11.7. The number of halogens is 1. The van der Waals surface area contributed by atoms with Crippen molar-refractivity contribution in [1.29, 1.82) is 0 Å². The first-order valence-corrected chi connectivity index (χ1v) is 11.5. The highest BCUT2D eigenvalue weighted by atomic mass is 127. The number of carbonyl (C=O) groups excluding carboxylic acids is 1. The number of amides is 1. The SMILES string of the molecule is Cc1ccc(C2OCCCC2CNC(=NCC(=O)N(C)C)NCC2CCCCO2)cc1.I. The van der Waals surface area contributed by atoms with Crippen LogP contribution in [0.4, 0.5) is 0 Å². The van der Waals surface area contributed by atoms with Crippen molar-refractivity contribution in [2.75, 3.05) is 46.9 Å². The van der Waals surface area contributed by atoms with Crippen LogP contribution in [0.25, 0.3) is 0 Å². The molecule has 3 rings (SSSR count). The molecule has 2 N–H and O–H groups in total. The number of nitrogens with zero attached hydrogens (tertiary/aromatic N) is 2. The van der Waals surface area contributed by atoms with Crippen molar-refractivity contribution in [3.05, 3.63) is 35.4 Å². The van der Waals surface area contributed by atoms with Gasteiger partial charge in [-0.05, 0) is 44.6 Å². The lowest BCUT2D eigenvalue weighted by Crippen LogP contribution is -2.45. The van der Waals surface area contributed by atoms with E-state index in [1.807, 2.05) is 0 Å². The summed E-state index contributed by atoms with van der Waals surface area (Å²) in [6.45, 7) is 5.28. The highest BCUT2D eigenvalue weighted by Gasteiger charge is 2.27. The second-order valence-electron chi connectivity index (χ2n) is 8.81. The Morgan fingerprint density at radius 1 is 1.03 bits per heavy atom. The van der Waals surface area contributed by atoms with Crippen LogP contribution in [0.5, 0.6) is 0 Å². The Morgan fingerprint density at radius 2 is 1.75 bits per heavy atom. The molecule has 0 aromatic heterocycles. The van der Waals surface area contributed by atoms with Gasteiger partial charge in [-0.15, -0.1) is 24.0 Å². The van der Waals surface area contributed by atoms with Crippen molar-refractivity contribution in [3.8, 4) is 0 Å². The minimum atomic E-state index is -0.0199. The number of guanidine groups is 1. The molecule has 2 fully saturated rings. The number of hydrogen-bond donors (Lipinski definition) is 2. The molecule has 180 valence electrons. The van der Waals surface area contributed by atoms with E-state index < -0.39 is 0 Å². The Balaban J connectivity index is 0.00000363. The van der Waals surface area contributed by atoms with E-state index >= 15 is 0 Å². The summed E-state index contributed by atoms with van der Waals surface area (Å²) >= 11 is 0. The van der Waals surface area contributed by atoms with Crippen LogP contribution in [0, 0.1) is 12.8 Å². The summed E-state index contributed by atoms with van der Waals surface area (Å²) in [4.78, 5) is 18.1. The van der Waals surface area contributed by atoms with E-state index in [0.717, 1.165) is 45.4 Å². The molecule has 32 heavy (non-hydrogen) atoms. The zero-order valence-electron chi connectivity index (χ0n) is 19.6. The third-order valence-corrected chi connectivity index (χ3v) is 6.02. The molecule has 7 nitrogen and oxygen atoms in total. The van der Waals surface area contributed by atoms with E-state index in [9.17, 15) is 4.79 Å². The fourth-order valence-corrected chi connectivity index (χ4v) is 4.05. The minimum absolute atomic E-state index is 0. The summed E-state index contributed by atoms with van der Waals surface area (Å²) in [5, 5.41) is 6.85. The summed E-state index contributed by atoms with van der Waals surface area (Å²) in [5.74, 6) is 0.991. The molecule has 0 aliphatic carbocycles. The van der Waals surface area contributed by atoms with E-state index in [2.05, 4.69) is 46.8 Å². The molecule has 2 saturated heterocycles. The van der Waals surface area contributed by atoms with Crippen LogP contribution in [-0.4, -0.2) is 69.8 Å². The molecule has 2 heterocycles. The zero-order valence-corrected chi connectivity index (χ0v) is 22.0. The maximum atomic E-state index is 12.0. The number of hydrogen-bond acceptors (Lipinski definition) is 4. The number of rotatable bonds is 7. The predicted octanol–water partition coefficient (Wildman–Crippen LogP) is 3.27. The standard InChI is InChI=1S/C24H38N4O3.HI/c1-18-9-11-19(12-10-18)23-20(7-6-14-31-23)15-25-24(27-17-22(29)28(2)3)26-16-21-8-4-5-13-30-21;/h9-12,20-21,23H,4-8,13-17H2,1-3H3,(H2,25,26,27);1H. The molecule has 2 aliphatic rings. The second-order valence-corrected chi connectivity index (χ2v) is 8.81. The molecule has 0 radical (unpaired) electrons. The summed E-state index contributed by atoms with van der Waals surface area (Å²) in [5.41, 5.74) is 2.48. The molecule has 3 unspecified atom stereocenters. The van der Waals surface area contributed by atoms with Crippen molar-refractivity contribution in [1.82, 2.24) is 15.5 Å². The van der Waals surface area contributed by atoms with Crippen LogP contribution in [0.2, 0.25) is 0 Å². The number of carbonyl (C=O) groups is 1. The highest BCUT2D eigenvalue weighted by molar-refractivity contribution is 14.0. The molecular formula is C24H39IN4O3. The Bertz CT molecular complexity index is 720. The van der Waals surface area contributed by atoms with Crippen molar-refractivity contribution < 1.29 is 14.3 Å². The molecule has 2 aliphatic heterocycles. The van der Waals surface area contributed by atoms with Crippen LogP contribution in [0.1, 0.15) is 49.3 Å². The number of benzene rings is 1. The van der Waals surface area contributed by atoms with Gasteiger partial charge in [0.05, 0.1) is 12.2 Å². The van der Waals surface area contributed by atoms with Gasteiger partial charge in [0.2, 0.25) is 5.91 Å². The van der Waals surface area contributed by atoms with Gasteiger partial charge in [-0.1, -0.05) is 29.8 Å². The Labute approximate surface area is 209 Å². The van der Waals surface area contributed by atoms with Crippen molar-refractivity contribution >= 4 is 35.8 Å². The van der Waals surface area contributed by atoms with Gasteiger partial charge >= 0.3 is 0 Å². The first-order chi connectivity index (χ1) is 15.0. The normalized spacial score (nSPS) is 23.7. The molecule has 8 heteroatoms. The van der Waals surface area contributed by atoms with Crippen LogP contribution < -0.4 is 10.6 Å². The third kappa shape index (κ3) is 8.51. The van der Waals surface area contributed by atoms with Crippen LogP contribution in [0.15, 0.2) is 29.3 Å². The second kappa shape index (κ2) is 14.0. The smallest absolute Gasteiger partial charge is 0.243 e. The average molecular weight is 559 g/mol. The van der Waals surface area contributed by atoms with Crippen LogP contribution in [0.3, 0.4) is 0 Å². The zero-order chi connectivity index (χ0) is 22.1. The molecule has 3 atom stereocenters. The molecule has 1 amide bonds. The van der Waals surface area contributed by atoms with E-state index in [0.29, 0.717) is 18.4 Å². The fourth-order valence-electron chi connectivity index (χ4n) is 4.05. The number of aliphatic imine (C=N–C) groups is 1. The Morgan fingerprint density at radius 3 is 2.44 bits per heavy atom. The van der Waals surface area contributed by atoms with Crippen LogP contribution in [-0.2, 0) is 14.3 Å². The molecular weight excluding hydrogens is 519 g/mol. The van der Waals surface area contributed by atoms with Gasteiger partial charge in [-0.3, -0.25) is 4.79 Å². The maximum Gasteiger partial charge on any atom is 0.243 e. The van der Waals surface area contributed by atoms with Gasteiger partial charge < -0.3 is 25.0 Å². The topological polar surface area (TPSA) is 75.2 Å². The summed E-state index contributed by atoms with van der Waals surface area (Å²) < 4.78 is 12.0. The number of nitrogens with one attached hydrogen (secondary N) is 2. The van der Waals surface area contributed by atoms with Gasteiger partial charge in [0.1, 0.15) is 6.54 Å². The predicted molar refractivity (Wildman–Crippen MR) is 139 cm³/mol. The van der Waals surface area contributed by atoms with Gasteiger partial charge in [0.25, 0.3) is 0 Å². The quantitative estimate of drug-likeness (QED) is 0.306. The number of likely N-dealkylation sites (N-methyl/N-ethyl adjacent to an activating group) is 1. The lowest BCUT2D eigenvalue weighted by Gasteiger charge is -2.33. The molecule has 1 aromatic carbocycles.